The number of oxazole rings is 1. The van der Waals surface area contributed by atoms with Crippen molar-refractivity contribution in [1.29, 1.82) is 0 Å². The molecule has 1 saturated heterocycles. The molecule has 0 radical (unpaired) electrons. The lowest BCUT2D eigenvalue weighted by Gasteiger charge is -2.36. The third-order valence-electron chi connectivity index (χ3n) is 5.34. The normalized spacial score (nSPS) is 22.0. The Hall–Kier alpha value is -1.73. The third kappa shape index (κ3) is 3.93. The number of aromatic nitrogens is 3. The Morgan fingerprint density at radius 1 is 1.20 bits per heavy atom. The summed E-state index contributed by atoms with van der Waals surface area (Å²) in [5, 5.41) is 4.16. The van der Waals surface area contributed by atoms with Crippen molar-refractivity contribution in [1.82, 2.24) is 24.9 Å². The van der Waals surface area contributed by atoms with Gasteiger partial charge in [0.1, 0.15) is 5.76 Å². The first-order chi connectivity index (χ1) is 12.1. The largest absolute Gasteiger partial charge is 0.444 e. The van der Waals surface area contributed by atoms with Gasteiger partial charge in [0.25, 0.3) is 0 Å². The maximum atomic E-state index is 5.73. The van der Waals surface area contributed by atoms with Crippen molar-refractivity contribution in [3.63, 3.8) is 0 Å². The molecule has 1 saturated carbocycles. The van der Waals surface area contributed by atoms with Gasteiger partial charge in [-0.3, -0.25) is 9.80 Å². The molecule has 0 spiro atoms. The van der Waals surface area contributed by atoms with Gasteiger partial charge in [-0.05, 0) is 53.1 Å². The number of likely N-dealkylation sites (N-methyl/N-ethyl adjacent to an activating group) is 1. The van der Waals surface area contributed by atoms with Crippen molar-refractivity contribution in [3.05, 3.63) is 29.1 Å². The van der Waals surface area contributed by atoms with Crippen LogP contribution < -0.4 is 0 Å². The molecule has 25 heavy (non-hydrogen) atoms. The molecule has 1 aliphatic carbocycles. The van der Waals surface area contributed by atoms with Crippen molar-refractivity contribution in [3.8, 4) is 0 Å². The summed E-state index contributed by atoms with van der Waals surface area (Å²) in [6.07, 6.45) is 4.77. The highest BCUT2D eigenvalue weighted by molar-refractivity contribution is 5.05. The molecule has 7 nitrogen and oxygen atoms in total. The second kappa shape index (κ2) is 6.88. The zero-order chi connectivity index (χ0) is 17.4. The first-order valence-corrected chi connectivity index (χ1v) is 9.26. The molecule has 0 unspecified atom stereocenters. The Morgan fingerprint density at radius 2 is 2.04 bits per heavy atom. The standard InChI is InChI=1S/C18H27N5O2/c1-12-13(2)24-17(19-12)11-22(3)15-5-4-8-23(9-15)10-16-20-18(25-21-16)14-6-7-14/h14-15H,4-11H2,1-3H3/t15-/m0/s1. The van der Waals surface area contributed by atoms with E-state index in [-0.39, 0.29) is 0 Å². The van der Waals surface area contributed by atoms with Crippen molar-refractivity contribution >= 4 is 0 Å². The van der Waals surface area contributed by atoms with E-state index in [9.17, 15) is 0 Å². The second-order valence-corrected chi connectivity index (χ2v) is 7.52. The molecule has 0 aromatic carbocycles. The van der Waals surface area contributed by atoms with Gasteiger partial charge in [-0.15, -0.1) is 0 Å². The van der Waals surface area contributed by atoms with E-state index in [2.05, 4.69) is 32.0 Å². The number of nitrogens with zero attached hydrogens (tertiary/aromatic N) is 5. The van der Waals surface area contributed by atoms with Crippen LogP contribution >= 0.6 is 0 Å². The van der Waals surface area contributed by atoms with E-state index in [1.807, 2.05) is 13.8 Å². The molecule has 2 aromatic rings. The first kappa shape index (κ1) is 16.7. The minimum absolute atomic E-state index is 0.496. The van der Waals surface area contributed by atoms with E-state index in [4.69, 9.17) is 8.94 Å². The average Bonchev–Trinajstić information content (AvgIpc) is 3.26. The third-order valence-corrected chi connectivity index (χ3v) is 5.34. The maximum Gasteiger partial charge on any atom is 0.229 e. The zero-order valence-corrected chi connectivity index (χ0v) is 15.4. The highest BCUT2D eigenvalue weighted by Gasteiger charge is 2.30. The van der Waals surface area contributed by atoms with E-state index in [1.54, 1.807) is 0 Å². The molecule has 1 atom stereocenters. The number of rotatable bonds is 6. The molecule has 0 N–H and O–H groups in total. The molecule has 2 aliphatic rings. The summed E-state index contributed by atoms with van der Waals surface area (Å²) in [5.41, 5.74) is 0.984. The van der Waals surface area contributed by atoms with Crippen LogP contribution in [0.25, 0.3) is 0 Å². The Kier molecular flexibility index (Phi) is 4.60. The minimum atomic E-state index is 0.496. The molecule has 0 amide bonds. The average molecular weight is 345 g/mol. The fourth-order valence-corrected chi connectivity index (χ4v) is 3.51. The van der Waals surface area contributed by atoms with Crippen molar-refractivity contribution in [2.45, 2.75) is 64.6 Å². The molecule has 2 fully saturated rings. The number of piperidine rings is 1. The first-order valence-electron chi connectivity index (χ1n) is 9.26. The molecule has 1 aliphatic heterocycles. The molecular formula is C18H27N5O2. The number of hydrogen-bond donors (Lipinski definition) is 0. The highest BCUT2D eigenvalue weighted by Crippen LogP contribution is 2.38. The van der Waals surface area contributed by atoms with Crippen LogP contribution in [0.15, 0.2) is 8.94 Å². The lowest BCUT2D eigenvalue weighted by atomic mass is 10.0. The fourth-order valence-electron chi connectivity index (χ4n) is 3.51. The van der Waals surface area contributed by atoms with Gasteiger partial charge in [0.05, 0.1) is 18.8 Å². The predicted molar refractivity (Wildman–Crippen MR) is 92.0 cm³/mol. The van der Waals surface area contributed by atoms with E-state index < -0.39 is 0 Å². The lowest BCUT2D eigenvalue weighted by molar-refractivity contribution is 0.0987. The lowest BCUT2D eigenvalue weighted by Crippen LogP contribution is -2.45. The summed E-state index contributed by atoms with van der Waals surface area (Å²) in [6, 6.07) is 0.496. The predicted octanol–water partition coefficient (Wildman–Crippen LogP) is 2.65. The van der Waals surface area contributed by atoms with Crippen LogP contribution in [0.5, 0.6) is 0 Å². The molecule has 2 aromatic heterocycles. The molecule has 136 valence electrons. The summed E-state index contributed by atoms with van der Waals surface area (Å²) in [5.74, 6) is 3.90. The minimum Gasteiger partial charge on any atom is -0.444 e. The number of hydrogen-bond acceptors (Lipinski definition) is 7. The van der Waals surface area contributed by atoms with Crippen molar-refractivity contribution < 1.29 is 8.94 Å². The van der Waals surface area contributed by atoms with Crippen molar-refractivity contribution in [2.24, 2.45) is 0 Å². The number of aryl methyl sites for hydroxylation is 2. The summed E-state index contributed by atoms with van der Waals surface area (Å²) >= 11 is 0. The van der Waals surface area contributed by atoms with Gasteiger partial charge < -0.3 is 8.94 Å². The molecule has 7 heteroatoms. The van der Waals surface area contributed by atoms with E-state index in [0.717, 1.165) is 55.2 Å². The summed E-state index contributed by atoms with van der Waals surface area (Å²) in [7, 11) is 2.16. The van der Waals surface area contributed by atoms with Gasteiger partial charge in [0.15, 0.2) is 5.82 Å². The Bertz CT molecular complexity index is 701. The SMILES string of the molecule is Cc1nc(CN(C)[C@H]2CCCN(Cc3noc(C4CC4)n3)C2)oc1C. The van der Waals surface area contributed by atoms with Crippen LogP contribution in [-0.4, -0.2) is 51.1 Å². The topological polar surface area (TPSA) is 71.4 Å². The van der Waals surface area contributed by atoms with Gasteiger partial charge in [-0.25, -0.2) is 4.98 Å². The highest BCUT2D eigenvalue weighted by atomic mass is 16.5. The quantitative estimate of drug-likeness (QED) is 0.797. The smallest absolute Gasteiger partial charge is 0.229 e. The molecular weight excluding hydrogens is 318 g/mol. The summed E-state index contributed by atoms with van der Waals surface area (Å²) in [6.45, 7) is 7.59. The van der Waals surface area contributed by atoms with Crippen LogP contribution in [0, 0.1) is 13.8 Å². The summed E-state index contributed by atoms with van der Waals surface area (Å²) < 4.78 is 11.1. The van der Waals surface area contributed by atoms with Crippen LogP contribution in [0.1, 0.15) is 60.7 Å². The maximum absolute atomic E-state index is 5.73. The Balaban J connectivity index is 1.33. The number of likely N-dealkylation sites (tertiary alicyclic amines) is 1. The van der Waals surface area contributed by atoms with Gasteiger partial charge in [0.2, 0.25) is 11.8 Å². The van der Waals surface area contributed by atoms with Gasteiger partial charge in [0, 0.05) is 18.5 Å². The van der Waals surface area contributed by atoms with Gasteiger partial charge in [-0.1, -0.05) is 5.16 Å². The van der Waals surface area contributed by atoms with Gasteiger partial charge >= 0.3 is 0 Å². The van der Waals surface area contributed by atoms with E-state index >= 15 is 0 Å². The van der Waals surface area contributed by atoms with Gasteiger partial charge in [-0.2, -0.15) is 4.98 Å². The second-order valence-electron chi connectivity index (χ2n) is 7.52. The Morgan fingerprint density at radius 3 is 2.76 bits per heavy atom. The van der Waals surface area contributed by atoms with E-state index in [1.165, 1.54) is 25.7 Å². The van der Waals surface area contributed by atoms with Crippen LogP contribution in [-0.2, 0) is 13.1 Å². The van der Waals surface area contributed by atoms with Crippen LogP contribution in [0.3, 0.4) is 0 Å². The van der Waals surface area contributed by atoms with Crippen LogP contribution in [0.4, 0.5) is 0 Å². The summed E-state index contributed by atoms with van der Waals surface area (Å²) in [4.78, 5) is 13.8. The molecule has 0 bridgehead atoms. The molecule has 3 heterocycles. The van der Waals surface area contributed by atoms with Crippen molar-refractivity contribution in [2.75, 3.05) is 20.1 Å². The van der Waals surface area contributed by atoms with Crippen LogP contribution in [0.2, 0.25) is 0 Å². The monoisotopic (exact) mass is 345 g/mol. The zero-order valence-electron chi connectivity index (χ0n) is 15.4. The fraction of sp³-hybridized carbons (Fsp3) is 0.722. The Labute approximate surface area is 148 Å². The molecule has 4 rings (SSSR count). The van der Waals surface area contributed by atoms with E-state index in [0.29, 0.717) is 12.0 Å².